The van der Waals surface area contributed by atoms with Gasteiger partial charge in [0.1, 0.15) is 0 Å². The first-order valence-corrected chi connectivity index (χ1v) is 6.20. The predicted molar refractivity (Wildman–Crippen MR) is 66.7 cm³/mol. The van der Waals surface area contributed by atoms with Gasteiger partial charge < -0.3 is 10.4 Å². The molecule has 0 atom stereocenters. The van der Waals surface area contributed by atoms with E-state index in [9.17, 15) is 22.8 Å². The van der Waals surface area contributed by atoms with Crippen LogP contribution in [0.1, 0.15) is 15.2 Å². The number of carbonyl (C=O) groups is 2. The topological polar surface area (TPSA) is 66.4 Å². The maximum Gasteiger partial charge on any atom is 0.471 e. The van der Waals surface area contributed by atoms with E-state index in [4.69, 9.17) is 5.11 Å². The summed E-state index contributed by atoms with van der Waals surface area (Å²) in [6.45, 7) is -0.295. The number of nitrogens with one attached hydrogen (secondary N) is 1. The average molecular weight is 303 g/mol. The van der Waals surface area contributed by atoms with Crippen molar-refractivity contribution in [1.82, 2.24) is 5.32 Å². The number of fused-ring (bicyclic) bond motifs is 1. The summed E-state index contributed by atoms with van der Waals surface area (Å²) in [5, 5.41) is 11.2. The molecule has 0 saturated heterocycles. The predicted octanol–water partition coefficient (Wildman–Crippen LogP) is 2.78. The maximum atomic E-state index is 12.0. The van der Waals surface area contributed by atoms with Gasteiger partial charge in [-0.2, -0.15) is 13.2 Å². The van der Waals surface area contributed by atoms with E-state index >= 15 is 0 Å². The molecule has 1 heterocycles. The summed E-state index contributed by atoms with van der Waals surface area (Å²) in [5.74, 6) is -3.13. The van der Waals surface area contributed by atoms with Crippen molar-refractivity contribution in [3.8, 4) is 0 Å². The molecule has 1 aromatic carbocycles. The highest BCUT2D eigenvalue weighted by molar-refractivity contribution is 7.19. The van der Waals surface area contributed by atoms with Crippen molar-refractivity contribution in [1.29, 1.82) is 0 Å². The summed E-state index contributed by atoms with van der Waals surface area (Å²) < 4.78 is 36.8. The van der Waals surface area contributed by atoms with Gasteiger partial charge in [-0.3, -0.25) is 4.79 Å². The van der Waals surface area contributed by atoms with E-state index in [0.29, 0.717) is 15.0 Å². The van der Waals surface area contributed by atoms with E-state index in [-0.39, 0.29) is 12.1 Å². The monoisotopic (exact) mass is 303 g/mol. The lowest BCUT2D eigenvalue weighted by atomic mass is 10.1. The van der Waals surface area contributed by atoms with E-state index in [1.807, 2.05) is 0 Å². The zero-order valence-electron chi connectivity index (χ0n) is 9.82. The van der Waals surface area contributed by atoms with Crippen molar-refractivity contribution in [2.45, 2.75) is 12.7 Å². The van der Waals surface area contributed by atoms with Crippen molar-refractivity contribution in [2.24, 2.45) is 0 Å². The number of amides is 1. The lowest BCUT2D eigenvalue weighted by molar-refractivity contribution is -0.173. The lowest BCUT2D eigenvalue weighted by Crippen LogP contribution is -2.36. The number of aromatic carboxylic acids is 1. The van der Waals surface area contributed by atoms with Crippen molar-refractivity contribution < 1.29 is 27.9 Å². The Balaban J connectivity index is 2.23. The van der Waals surface area contributed by atoms with Crippen LogP contribution < -0.4 is 5.32 Å². The number of carboxylic acids is 1. The van der Waals surface area contributed by atoms with Crippen LogP contribution in [0.2, 0.25) is 0 Å². The van der Waals surface area contributed by atoms with Gasteiger partial charge in [0.15, 0.2) is 0 Å². The number of hydrogen-bond donors (Lipinski definition) is 2. The van der Waals surface area contributed by atoms with Crippen LogP contribution in [-0.2, 0) is 11.3 Å². The Labute approximate surface area is 114 Å². The molecule has 0 aliphatic heterocycles. The summed E-state index contributed by atoms with van der Waals surface area (Å²) in [4.78, 5) is 22.2. The number of halogens is 3. The largest absolute Gasteiger partial charge is 0.478 e. The highest BCUT2D eigenvalue weighted by Crippen LogP contribution is 2.28. The Hall–Kier alpha value is -2.09. The van der Waals surface area contributed by atoms with Crippen molar-refractivity contribution in [3.63, 3.8) is 0 Å². The third kappa shape index (κ3) is 2.90. The van der Waals surface area contributed by atoms with Crippen LogP contribution >= 0.6 is 11.3 Å². The second kappa shape index (κ2) is 5.12. The fourth-order valence-corrected chi connectivity index (χ4v) is 2.68. The van der Waals surface area contributed by atoms with Crippen molar-refractivity contribution in [3.05, 3.63) is 34.7 Å². The quantitative estimate of drug-likeness (QED) is 0.916. The number of rotatable bonds is 3. The smallest absolute Gasteiger partial charge is 0.471 e. The van der Waals surface area contributed by atoms with Gasteiger partial charge in [-0.15, -0.1) is 11.3 Å². The van der Waals surface area contributed by atoms with Gasteiger partial charge in [0.2, 0.25) is 0 Å². The van der Waals surface area contributed by atoms with Crippen LogP contribution in [0, 0.1) is 0 Å². The minimum Gasteiger partial charge on any atom is -0.478 e. The van der Waals surface area contributed by atoms with Crippen molar-refractivity contribution >= 4 is 33.3 Å². The molecule has 0 spiro atoms. The molecule has 0 unspecified atom stereocenters. The molecule has 2 rings (SSSR count). The minimum atomic E-state index is -4.93. The first-order chi connectivity index (χ1) is 9.29. The maximum absolute atomic E-state index is 12.0. The highest BCUT2D eigenvalue weighted by Gasteiger charge is 2.38. The molecule has 8 heteroatoms. The van der Waals surface area contributed by atoms with E-state index in [1.165, 1.54) is 12.1 Å². The van der Waals surface area contributed by atoms with E-state index in [0.717, 1.165) is 11.3 Å². The molecule has 106 valence electrons. The highest BCUT2D eigenvalue weighted by atomic mass is 32.1. The van der Waals surface area contributed by atoms with Crippen LogP contribution in [0.4, 0.5) is 13.2 Å². The SMILES string of the molecule is O=C(O)c1cccc2sc(CNC(=O)C(F)(F)F)cc12. The van der Waals surface area contributed by atoms with Gasteiger partial charge in [0, 0.05) is 15.0 Å². The first-order valence-electron chi connectivity index (χ1n) is 5.39. The standard InChI is InChI=1S/C12H8F3NO3S/c13-12(14,15)11(19)16-5-6-4-8-7(10(17)18)2-1-3-9(8)20-6/h1-4H,5H2,(H,16,19)(H,17,18). The summed E-state index contributed by atoms with van der Waals surface area (Å²) in [7, 11) is 0. The molecule has 1 amide bonds. The van der Waals surface area contributed by atoms with Gasteiger partial charge in [-0.1, -0.05) is 6.07 Å². The zero-order chi connectivity index (χ0) is 14.9. The second-order valence-corrected chi connectivity index (χ2v) is 5.08. The van der Waals surface area contributed by atoms with Gasteiger partial charge in [-0.05, 0) is 18.2 Å². The van der Waals surface area contributed by atoms with Crippen LogP contribution in [0.3, 0.4) is 0 Å². The molecular formula is C12H8F3NO3S. The number of carboxylic acid groups (broad SMARTS) is 1. The number of benzene rings is 1. The number of thiophene rings is 1. The molecular weight excluding hydrogens is 295 g/mol. The molecule has 0 fully saturated rings. The first kappa shape index (κ1) is 14.3. The molecule has 1 aromatic heterocycles. The Kier molecular flexibility index (Phi) is 3.67. The number of hydrogen-bond acceptors (Lipinski definition) is 3. The average Bonchev–Trinajstić information content (AvgIpc) is 2.76. The summed E-state index contributed by atoms with van der Waals surface area (Å²) in [5.41, 5.74) is 0.0761. The molecule has 2 N–H and O–H groups in total. The lowest BCUT2D eigenvalue weighted by Gasteiger charge is -2.05. The van der Waals surface area contributed by atoms with Gasteiger partial charge in [0.05, 0.1) is 12.1 Å². The normalized spacial score (nSPS) is 11.6. The molecule has 0 bridgehead atoms. The Morgan fingerprint density at radius 2 is 2.00 bits per heavy atom. The van der Waals surface area contributed by atoms with Gasteiger partial charge in [0.25, 0.3) is 0 Å². The van der Waals surface area contributed by atoms with Crippen LogP contribution in [-0.4, -0.2) is 23.2 Å². The van der Waals surface area contributed by atoms with E-state index < -0.39 is 18.1 Å². The zero-order valence-corrected chi connectivity index (χ0v) is 10.6. The summed E-state index contributed by atoms with van der Waals surface area (Å²) in [6, 6.07) is 6.11. The number of alkyl halides is 3. The van der Waals surface area contributed by atoms with Crippen LogP contribution in [0.15, 0.2) is 24.3 Å². The molecule has 0 saturated carbocycles. The molecule has 0 aliphatic rings. The molecule has 4 nitrogen and oxygen atoms in total. The minimum absolute atomic E-state index is 0.0761. The third-order valence-corrected chi connectivity index (χ3v) is 3.62. The van der Waals surface area contributed by atoms with Crippen molar-refractivity contribution in [2.75, 3.05) is 0 Å². The summed E-state index contributed by atoms with van der Waals surface area (Å²) >= 11 is 1.14. The number of carbonyl (C=O) groups excluding carboxylic acids is 1. The van der Waals surface area contributed by atoms with Crippen LogP contribution in [0.25, 0.3) is 10.1 Å². The fraction of sp³-hybridized carbons (Fsp3) is 0.167. The Bertz CT molecular complexity index is 678. The molecule has 2 aromatic rings. The fourth-order valence-electron chi connectivity index (χ4n) is 1.65. The van der Waals surface area contributed by atoms with Crippen LogP contribution in [0.5, 0.6) is 0 Å². The molecule has 20 heavy (non-hydrogen) atoms. The second-order valence-electron chi connectivity index (χ2n) is 3.92. The van der Waals surface area contributed by atoms with E-state index in [2.05, 4.69) is 0 Å². The van der Waals surface area contributed by atoms with Gasteiger partial charge >= 0.3 is 18.1 Å². The molecule has 0 aliphatic carbocycles. The third-order valence-electron chi connectivity index (χ3n) is 2.52. The summed E-state index contributed by atoms with van der Waals surface area (Å²) in [6.07, 6.45) is -4.93. The Morgan fingerprint density at radius 1 is 1.30 bits per heavy atom. The van der Waals surface area contributed by atoms with Gasteiger partial charge in [-0.25, -0.2) is 4.79 Å². The molecule has 0 radical (unpaired) electrons. The van der Waals surface area contributed by atoms with E-state index in [1.54, 1.807) is 17.4 Å². The Morgan fingerprint density at radius 3 is 2.60 bits per heavy atom.